The van der Waals surface area contributed by atoms with E-state index in [4.69, 9.17) is 4.98 Å². The number of hydrogen-bond donors (Lipinski definition) is 1. The van der Waals surface area contributed by atoms with Crippen LogP contribution in [0.4, 0.5) is 0 Å². The van der Waals surface area contributed by atoms with Crippen LogP contribution in [0.1, 0.15) is 51.3 Å². The molecule has 0 amide bonds. The molecule has 0 bridgehead atoms. The van der Waals surface area contributed by atoms with Crippen molar-refractivity contribution in [2.45, 2.75) is 45.6 Å². The first-order valence-corrected chi connectivity index (χ1v) is 7.30. The molecule has 0 aliphatic heterocycles. The Bertz CT molecular complexity index is 510. The molecule has 0 aliphatic rings. The van der Waals surface area contributed by atoms with E-state index in [0.29, 0.717) is 6.04 Å². The smallest absolute Gasteiger partial charge is 0.0890 e. The lowest BCUT2D eigenvalue weighted by atomic mass is 10.1. The van der Waals surface area contributed by atoms with E-state index >= 15 is 0 Å². The minimum absolute atomic E-state index is 0.327. The van der Waals surface area contributed by atoms with E-state index in [0.717, 1.165) is 29.7 Å². The lowest BCUT2D eigenvalue weighted by Gasteiger charge is -2.17. The minimum Gasteiger partial charge on any atom is -0.309 e. The molecule has 19 heavy (non-hydrogen) atoms. The van der Waals surface area contributed by atoms with Crippen LogP contribution in [0.3, 0.4) is 0 Å². The summed E-state index contributed by atoms with van der Waals surface area (Å²) < 4.78 is 0. The second kappa shape index (κ2) is 7.19. The zero-order chi connectivity index (χ0) is 13.5. The summed E-state index contributed by atoms with van der Waals surface area (Å²) in [7, 11) is 0. The molecule has 1 N–H and O–H groups in total. The summed E-state index contributed by atoms with van der Waals surface area (Å²) >= 11 is 0. The number of aromatic nitrogens is 2. The summed E-state index contributed by atoms with van der Waals surface area (Å²) in [6.45, 7) is 5.34. The molecule has 1 unspecified atom stereocenters. The van der Waals surface area contributed by atoms with Crippen molar-refractivity contribution < 1.29 is 0 Å². The van der Waals surface area contributed by atoms with Gasteiger partial charge < -0.3 is 5.32 Å². The van der Waals surface area contributed by atoms with Gasteiger partial charge in [-0.25, -0.2) is 4.98 Å². The lowest BCUT2D eigenvalue weighted by Crippen LogP contribution is -2.22. The highest BCUT2D eigenvalue weighted by molar-refractivity contribution is 5.73. The van der Waals surface area contributed by atoms with E-state index in [9.17, 15) is 0 Å². The van der Waals surface area contributed by atoms with Crippen molar-refractivity contribution in [3.05, 3.63) is 36.2 Å². The van der Waals surface area contributed by atoms with Crippen LogP contribution >= 0.6 is 0 Å². The standard InChI is InChI=1S/C16H23N3/c1-3-5-6-9-14(17-4-2)16-12-18-13-10-7-8-11-15(13)19-16/h7-8,10-12,14,17H,3-6,9H2,1-2H3. The highest BCUT2D eigenvalue weighted by atomic mass is 14.9. The molecule has 0 spiro atoms. The van der Waals surface area contributed by atoms with Crippen molar-refractivity contribution >= 4 is 11.0 Å². The molecular weight excluding hydrogens is 234 g/mol. The van der Waals surface area contributed by atoms with Gasteiger partial charge in [-0.2, -0.15) is 0 Å². The zero-order valence-electron chi connectivity index (χ0n) is 11.9. The average molecular weight is 257 g/mol. The predicted molar refractivity (Wildman–Crippen MR) is 80.1 cm³/mol. The molecule has 0 saturated carbocycles. The fraction of sp³-hybridized carbons (Fsp3) is 0.500. The quantitative estimate of drug-likeness (QED) is 0.765. The van der Waals surface area contributed by atoms with Crippen LogP contribution in [0.2, 0.25) is 0 Å². The van der Waals surface area contributed by atoms with Crippen molar-refractivity contribution in [1.82, 2.24) is 15.3 Å². The molecule has 1 heterocycles. The molecule has 1 aromatic carbocycles. The maximum Gasteiger partial charge on any atom is 0.0890 e. The molecule has 1 atom stereocenters. The Morgan fingerprint density at radius 1 is 1.11 bits per heavy atom. The van der Waals surface area contributed by atoms with Crippen molar-refractivity contribution in [3.8, 4) is 0 Å². The maximum absolute atomic E-state index is 4.75. The first kappa shape index (κ1) is 13.9. The number of unbranched alkanes of at least 4 members (excludes halogenated alkanes) is 2. The molecule has 0 radical (unpaired) electrons. The van der Waals surface area contributed by atoms with Crippen molar-refractivity contribution in [1.29, 1.82) is 0 Å². The zero-order valence-corrected chi connectivity index (χ0v) is 11.9. The van der Waals surface area contributed by atoms with Gasteiger partial charge in [0.1, 0.15) is 0 Å². The van der Waals surface area contributed by atoms with Gasteiger partial charge in [-0.1, -0.05) is 45.2 Å². The van der Waals surface area contributed by atoms with Crippen LogP contribution in [0.15, 0.2) is 30.5 Å². The number of fused-ring (bicyclic) bond motifs is 1. The van der Waals surface area contributed by atoms with E-state index in [1.807, 2.05) is 30.5 Å². The predicted octanol–water partition coefficient (Wildman–Crippen LogP) is 3.86. The molecule has 1 aromatic heterocycles. The molecule has 3 nitrogen and oxygen atoms in total. The summed E-state index contributed by atoms with van der Waals surface area (Å²) in [6.07, 6.45) is 6.82. The summed E-state index contributed by atoms with van der Waals surface area (Å²) in [5.74, 6) is 0. The molecule has 3 heteroatoms. The van der Waals surface area contributed by atoms with Crippen molar-refractivity contribution in [3.63, 3.8) is 0 Å². The third-order valence-corrected chi connectivity index (χ3v) is 3.37. The van der Waals surface area contributed by atoms with E-state index in [1.165, 1.54) is 19.3 Å². The van der Waals surface area contributed by atoms with Gasteiger partial charge in [0.05, 0.1) is 29.0 Å². The Labute approximate surface area is 115 Å². The van der Waals surface area contributed by atoms with Crippen molar-refractivity contribution in [2.75, 3.05) is 6.54 Å². The normalized spacial score (nSPS) is 12.7. The second-order valence-corrected chi connectivity index (χ2v) is 4.89. The fourth-order valence-electron chi connectivity index (χ4n) is 2.34. The van der Waals surface area contributed by atoms with Crippen LogP contribution in [0, 0.1) is 0 Å². The molecule has 0 fully saturated rings. The maximum atomic E-state index is 4.75. The Morgan fingerprint density at radius 3 is 2.63 bits per heavy atom. The number of para-hydroxylation sites is 2. The Hall–Kier alpha value is -1.48. The number of nitrogens with zero attached hydrogens (tertiary/aromatic N) is 2. The van der Waals surface area contributed by atoms with Crippen LogP contribution in [0.5, 0.6) is 0 Å². The van der Waals surface area contributed by atoms with Gasteiger partial charge in [-0.15, -0.1) is 0 Å². The molecule has 102 valence electrons. The van der Waals surface area contributed by atoms with Gasteiger partial charge in [0, 0.05) is 0 Å². The third kappa shape index (κ3) is 3.74. The highest BCUT2D eigenvalue weighted by Gasteiger charge is 2.12. The van der Waals surface area contributed by atoms with E-state index < -0.39 is 0 Å². The van der Waals surface area contributed by atoms with Crippen LogP contribution < -0.4 is 5.32 Å². The lowest BCUT2D eigenvalue weighted by molar-refractivity contribution is 0.477. The largest absolute Gasteiger partial charge is 0.309 e. The third-order valence-electron chi connectivity index (χ3n) is 3.37. The van der Waals surface area contributed by atoms with Crippen LogP contribution in [-0.4, -0.2) is 16.5 Å². The van der Waals surface area contributed by atoms with Gasteiger partial charge in [0.2, 0.25) is 0 Å². The van der Waals surface area contributed by atoms with Gasteiger partial charge in [0.15, 0.2) is 0 Å². The molecule has 2 rings (SSSR count). The second-order valence-electron chi connectivity index (χ2n) is 4.89. The fourth-order valence-corrected chi connectivity index (χ4v) is 2.34. The number of hydrogen-bond acceptors (Lipinski definition) is 3. The molecule has 0 aliphatic carbocycles. The van der Waals surface area contributed by atoms with Gasteiger partial charge in [0.25, 0.3) is 0 Å². The van der Waals surface area contributed by atoms with Crippen LogP contribution in [0.25, 0.3) is 11.0 Å². The number of benzene rings is 1. The first-order valence-electron chi connectivity index (χ1n) is 7.30. The monoisotopic (exact) mass is 257 g/mol. The first-order chi connectivity index (χ1) is 9.35. The van der Waals surface area contributed by atoms with Gasteiger partial charge in [-0.05, 0) is 25.1 Å². The average Bonchev–Trinajstić information content (AvgIpc) is 2.46. The summed E-state index contributed by atoms with van der Waals surface area (Å²) in [5, 5.41) is 3.52. The van der Waals surface area contributed by atoms with E-state index in [1.54, 1.807) is 0 Å². The van der Waals surface area contributed by atoms with Gasteiger partial charge >= 0.3 is 0 Å². The number of nitrogens with one attached hydrogen (secondary N) is 1. The SMILES string of the molecule is CCCCCC(NCC)c1cnc2ccccc2n1. The summed E-state index contributed by atoms with van der Waals surface area (Å²) in [6, 6.07) is 8.38. The Morgan fingerprint density at radius 2 is 1.89 bits per heavy atom. The summed E-state index contributed by atoms with van der Waals surface area (Å²) in [4.78, 5) is 9.26. The van der Waals surface area contributed by atoms with Crippen LogP contribution in [-0.2, 0) is 0 Å². The Balaban J connectivity index is 2.17. The van der Waals surface area contributed by atoms with Gasteiger partial charge in [-0.3, -0.25) is 4.98 Å². The van der Waals surface area contributed by atoms with E-state index in [2.05, 4.69) is 24.1 Å². The van der Waals surface area contributed by atoms with E-state index in [-0.39, 0.29) is 0 Å². The molecule has 0 saturated heterocycles. The molecular formula is C16H23N3. The minimum atomic E-state index is 0.327. The Kier molecular flexibility index (Phi) is 5.28. The topological polar surface area (TPSA) is 37.8 Å². The van der Waals surface area contributed by atoms with Crippen molar-refractivity contribution in [2.24, 2.45) is 0 Å². The highest BCUT2D eigenvalue weighted by Crippen LogP contribution is 2.19. The number of rotatable bonds is 7. The molecule has 2 aromatic rings. The summed E-state index contributed by atoms with van der Waals surface area (Å²) in [5.41, 5.74) is 3.02.